The minimum Gasteiger partial charge on any atom is -0.490 e. The zero-order chi connectivity index (χ0) is 12.6. The molecule has 4 heteroatoms. The molecular weight excluding hydrogens is 282 g/mol. The van der Waals surface area contributed by atoms with Gasteiger partial charge in [0.2, 0.25) is 5.91 Å². The number of fused-ring (bicyclic) bond motifs is 1. The van der Waals surface area contributed by atoms with E-state index in [0.717, 1.165) is 21.5 Å². The minimum atomic E-state index is 0.00158. The van der Waals surface area contributed by atoms with Gasteiger partial charge in [0, 0.05) is 0 Å². The van der Waals surface area contributed by atoms with Crippen LogP contribution in [0.15, 0.2) is 16.6 Å². The molecule has 1 N–H and O–H groups in total. The fourth-order valence-electron chi connectivity index (χ4n) is 1.72. The van der Waals surface area contributed by atoms with Gasteiger partial charge in [-0.05, 0) is 39.0 Å². The maximum atomic E-state index is 11.5. The number of ether oxygens (including phenoxy) is 1. The molecule has 17 heavy (non-hydrogen) atoms. The van der Waals surface area contributed by atoms with Crippen LogP contribution in [-0.4, -0.2) is 12.5 Å². The number of amides is 1. The molecule has 2 rings (SSSR count). The first-order valence-corrected chi connectivity index (χ1v) is 6.44. The van der Waals surface area contributed by atoms with Gasteiger partial charge >= 0.3 is 0 Å². The number of benzene rings is 1. The monoisotopic (exact) mass is 297 g/mol. The molecule has 0 aliphatic carbocycles. The van der Waals surface area contributed by atoms with Gasteiger partial charge in [-0.3, -0.25) is 4.79 Å². The molecule has 1 amide bonds. The van der Waals surface area contributed by atoms with Crippen molar-refractivity contribution in [2.24, 2.45) is 0 Å². The lowest BCUT2D eigenvalue weighted by Crippen LogP contribution is -2.13. The van der Waals surface area contributed by atoms with Gasteiger partial charge in [0.25, 0.3) is 0 Å². The minimum absolute atomic E-state index is 0.00158. The van der Waals surface area contributed by atoms with E-state index >= 15 is 0 Å². The van der Waals surface area contributed by atoms with E-state index in [4.69, 9.17) is 4.74 Å². The third kappa shape index (κ3) is 2.63. The summed E-state index contributed by atoms with van der Waals surface area (Å²) in [7, 11) is 0. The van der Waals surface area contributed by atoms with Crippen LogP contribution in [0, 0.1) is 0 Å². The number of carbonyl (C=O) groups excluding carboxylic acids is 1. The van der Waals surface area contributed by atoms with Crippen molar-refractivity contribution in [1.29, 1.82) is 0 Å². The van der Waals surface area contributed by atoms with Gasteiger partial charge in [0.05, 0.1) is 23.2 Å². The molecule has 0 atom stereocenters. The van der Waals surface area contributed by atoms with Crippen LogP contribution in [0.1, 0.15) is 32.8 Å². The Kier molecular flexibility index (Phi) is 3.17. The predicted molar refractivity (Wildman–Crippen MR) is 71.6 cm³/mol. The molecule has 1 heterocycles. The van der Waals surface area contributed by atoms with Crippen molar-refractivity contribution >= 4 is 27.5 Å². The zero-order valence-corrected chi connectivity index (χ0v) is 11.8. The lowest BCUT2D eigenvalue weighted by atomic mass is 9.87. The van der Waals surface area contributed by atoms with Gasteiger partial charge in [0.1, 0.15) is 0 Å². The molecule has 0 unspecified atom stereocenters. The average Bonchev–Trinajstić information content (AvgIpc) is 2.37. The van der Waals surface area contributed by atoms with Crippen molar-refractivity contribution in [2.75, 3.05) is 11.9 Å². The number of hydrogen-bond donors (Lipinski definition) is 1. The van der Waals surface area contributed by atoms with Crippen LogP contribution in [0.3, 0.4) is 0 Å². The van der Waals surface area contributed by atoms with Crippen molar-refractivity contribution < 1.29 is 9.53 Å². The maximum absolute atomic E-state index is 11.5. The summed E-state index contributed by atoms with van der Waals surface area (Å²) < 4.78 is 6.48. The summed E-state index contributed by atoms with van der Waals surface area (Å²) in [6.07, 6.45) is 0.395. The Balaban J connectivity index is 2.52. The zero-order valence-electron chi connectivity index (χ0n) is 10.3. The van der Waals surface area contributed by atoms with Crippen LogP contribution in [0.25, 0.3) is 0 Å². The van der Waals surface area contributed by atoms with Crippen LogP contribution in [0.4, 0.5) is 5.69 Å². The van der Waals surface area contributed by atoms with Gasteiger partial charge < -0.3 is 10.1 Å². The van der Waals surface area contributed by atoms with Crippen LogP contribution in [0.2, 0.25) is 0 Å². The van der Waals surface area contributed by atoms with Crippen LogP contribution >= 0.6 is 15.9 Å². The molecule has 1 aliphatic rings. The van der Waals surface area contributed by atoms with Crippen LogP contribution < -0.4 is 10.1 Å². The molecular formula is C13H16BrNO2. The normalized spacial score (nSPS) is 15.6. The molecule has 0 aromatic heterocycles. The van der Waals surface area contributed by atoms with Crippen molar-refractivity contribution in [3.63, 3.8) is 0 Å². The summed E-state index contributed by atoms with van der Waals surface area (Å²) in [5, 5.41) is 2.88. The fraction of sp³-hybridized carbons (Fsp3) is 0.462. The van der Waals surface area contributed by atoms with Gasteiger partial charge in [-0.2, -0.15) is 0 Å². The third-order valence-corrected chi connectivity index (χ3v) is 3.35. The molecule has 0 bridgehead atoms. The van der Waals surface area contributed by atoms with Gasteiger partial charge in [0.15, 0.2) is 5.75 Å². The maximum Gasteiger partial charge on any atom is 0.227 e. The van der Waals surface area contributed by atoms with E-state index in [-0.39, 0.29) is 11.3 Å². The highest BCUT2D eigenvalue weighted by Crippen LogP contribution is 2.39. The lowest BCUT2D eigenvalue weighted by Gasteiger charge is -2.21. The number of halogens is 1. The summed E-state index contributed by atoms with van der Waals surface area (Å²) in [5.74, 6) is 0.727. The summed E-state index contributed by atoms with van der Waals surface area (Å²) in [4.78, 5) is 11.5. The summed E-state index contributed by atoms with van der Waals surface area (Å²) in [6, 6.07) is 4.04. The Bertz CT molecular complexity index is 463. The topological polar surface area (TPSA) is 38.3 Å². The standard InChI is InChI=1S/C13H16BrNO2/c1-13(2,3)8-6-9(14)12-10(7-8)15-11(16)4-5-17-12/h6-7H,4-5H2,1-3H3,(H,15,16). The quantitative estimate of drug-likeness (QED) is 0.796. The highest BCUT2D eigenvalue weighted by atomic mass is 79.9. The van der Waals surface area contributed by atoms with E-state index in [1.165, 1.54) is 0 Å². The van der Waals surface area contributed by atoms with Crippen molar-refractivity contribution in [3.8, 4) is 5.75 Å². The van der Waals surface area contributed by atoms with E-state index in [9.17, 15) is 4.79 Å². The smallest absolute Gasteiger partial charge is 0.227 e. The molecule has 3 nitrogen and oxygen atoms in total. The summed E-state index contributed by atoms with van der Waals surface area (Å²) in [5.41, 5.74) is 1.95. The van der Waals surface area contributed by atoms with Gasteiger partial charge in [-0.25, -0.2) is 0 Å². The second kappa shape index (κ2) is 4.33. The molecule has 0 spiro atoms. The first-order chi connectivity index (χ1) is 7.88. The average molecular weight is 298 g/mol. The van der Waals surface area contributed by atoms with E-state index in [0.29, 0.717) is 13.0 Å². The largest absolute Gasteiger partial charge is 0.490 e. The number of anilines is 1. The first kappa shape index (κ1) is 12.4. The Labute approximate surface area is 110 Å². The van der Waals surface area contributed by atoms with E-state index in [1.807, 2.05) is 6.07 Å². The molecule has 1 aromatic rings. The van der Waals surface area contributed by atoms with Crippen molar-refractivity contribution in [3.05, 3.63) is 22.2 Å². The molecule has 0 saturated heterocycles. The number of rotatable bonds is 0. The molecule has 1 aliphatic heterocycles. The molecule has 0 fully saturated rings. The first-order valence-electron chi connectivity index (χ1n) is 5.64. The molecule has 0 radical (unpaired) electrons. The Morgan fingerprint density at radius 1 is 1.35 bits per heavy atom. The van der Waals surface area contributed by atoms with E-state index in [1.54, 1.807) is 0 Å². The molecule has 0 saturated carbocycles. The second-order valence-electron chi connectivity index (χ2n) is 5.23. The van der Waals surface area contributed by atoms with Crippen LogP contribution in [0.5, 0.6) is 5.75 Å². The van der Waals surface area contributed by atoms with Crippen molar-refractivity contribution in [1.82, 2.24) is 0 Å². The lowest BCUT2D eigenvalue weighted by molar-refractivity contribution is -0.116. The Morgan fingerprint density at radius 3 is 2.71 bits per heavy atom. The Morgan fingerprint density at radius 2 is 2.06 bits per heavy atom. The highest BCUT2D eigenvalue weighted by molar-refractivity contribution is 9.10. The van der Waals surface area contributed by atoms with Gasteiger partial charge in [-0.15, -0.1) is 0 Å². The number of nitrogens with one attached hydrogen (secondary N) is 1. The Hall–Kier alpha value is -1.03. The molecule has 92 valence electrons. The number of hydrogen-bond acceptors (Lipinski definition) is 2. The van der Waals surface area contributed by atoms with E-state index < -0.39 is 0 Å². The predicted octanol–water partition coefficient (Wildman–Crippen LogP) is 3.47. The summed E-state index contributed by atoms with van der Waals surface area (Å²) >= 11 is 3.50. The number of carbonyl (C=O) groups is 1. The van der Waals surface area contributed by atoms with E-state index in [2.05, 4.69) is 48.1 Å². The molecule has 1 aromatic carbocycles. The highest BCUT2D eigenvalue weighted by Gasteiger charge is 2.21. The third-order valence-electron chi connectivity index (χ3n) is 2.76. The second-order valence-corrected chi connectivity index (χ2v) is 6.09. The van der Waals surface area contributed by atoms with Gasteiger partial charge in [-0.1, -0.05) is 20.8 Å². The van der Waals surface area contributed by atoms with Crippen LogP contribution in [-0.2, 0) is 10.2 Å². The summed E-state index contributed by atoms with van der Waals surface area (Å²) in [6.45, 7) is 6.84. The van der Waals surface area contributed by atoms with Crippen molar-refractivity contribution in [2.45, 2.75) is 32.6 Å². The fourth-order valence-corrected chi connectivity index (χ4v) is 2.30. The SMILES string of the molecule is CC(C)(C)c1cc(Br)c2c(c1)NC(=O)CCO2.